The van der Waals surface area contributed by atoms with Crippen LogP contribution in [0, 0.1) is 0 Å². The lowest BCUT2D eigenvalue weighted by Gasteiger charge is -2.10. The van der Waals surface area contributed by atoms with Crippen LogP contribution in [0.2, 0.25) is 0 Å². The molecule has 0 aliphatic carbocycles. The van der Waals surface area contributed by atoms with Crippen molar-refractivity contribution in [3.05, 3.63) is 41.7 Å². The SMILES string of the molecule is CCCc1cc(C(=O)Nc2ccccc2OCC)n[nH]1. The van der Waals surface area contributed by atoms with Gasteiger partial charge >= 0.3 is 0 Å². The maximum atomic E-state index is 12.1. The molecule has 0 aliphatic heterocycles. The number of aryl methyl sites for hydroxylation is 1. The van der Waals surface area contributed by atoms with E-state index in [2.05, 4.69) is 22.4 Å². The summed E-state index contributed by atoms with van der Waals surface area (Å²) in [6, 6.07) is 9.14. The number of amides is 1. The van der Waals surface area contributed by atoms with Crippen LogP contribution < -0.4 is 10.1 Å². The van der Waals surface area contributed by atoms with Crippen molar-refractivity contribution in [3.63, 3.8) is 0 Å². The molecule has 5 heteroatoms. The lowest BCUT2D eigenvalue weighted by molar-refractivity contribution is 0.102. The molecular formula is C15H19N3O2. The average molecular weight is 273 g/mol. The van der Waals surface area contributed by atoms with E-state index in [4.69, 9.17) is 4.74 Å². The first kappa shape index (κ1) is 14.1. The van der Waals surface area contributed by atoms with Crippen molar-refractivity contribution >= 4 is 11.6 Å². The second-order valence-corrected chi connectivity index (χ2v) is 4.41. The molecule has 2 aromatic rings. The van der Waals surface area contributed by atoms with E-state index in [1.807, 2.05) is 31.2 Å². The molecule has 1 heterocycles. The molecule has 0 spiro atoms. The van der Waals surface area contributed by atoms with Gasteiger partial charge in [-0.15, -0.1) is 0 Å². The fourth-order valence-corrected chi connectivity index (χ4v) is 1.91. The number of aromatic amines is 1. The van der Waals surface area contributed by atoms with Gasteiger partial charge < -0.3 is 10.1 Å². The van der Waals surface area contributed by atoms with E-state index >= 15 is 0 Å². The zero-order valence-corrected chi connectivity index (χ0v) is 11.8. The van der Waals surface area contributed by atoms with Gasteiger partial charge in [-0.05, 0) is 31.5 Å². The summed E-state index contributed by atoms with van der Waals surface area (Å²) in [6.45, 7) is 4.54. The van der Waals surface area contributed by atoms with Gasteiger partial charge in [0.2, 0.25) is 0 Å². The number of ether oxygens (including phenoxy) is 1. The van der Waals surface area contributed by atoms with Crippen molar-refractivity contribution in [3.8, 4) is 5.75 Å². The first-order chi connectivity index (χ1) is 9.74. The molecule has 2 N–H and O–H groups in total. The van der Waals surface area contributed by atoms with Crippen LogP contribution in [0.1, 0.15) is 36.5 Å². The Morgan fingerprint density at radius 1 is 1.35 bits per heavy atom. The number of hydrogen-bond acceptors (Lipinski definition) is 3. The number of hydrogen-bond donors (Lipinski definition) is 2. The highest BCUT2D eigenvalue weighted by atomic mass is 16.5. The lowest BCUT2D eigenvalue weighted by atomic mass is 10.2. The topological polar surface area (TPSA) is 67.0 Å². The highest BCUT2D eigenvalue weighted by Crippen LogP contribution is 2.24. The van der Waals surface area contributed by atoms with Crippen LogP contribution in [0.4, 0.5) is 5.69 Å². The lowest BCUT2D eigenvalue weighted by Crippen LogP contribution is -2.13. The van der Waals surface area contributed by atoms with Crippen LogP contribution in [0.5, 0.6) is 5.75 Å². The summed E-state index contributed by atoms with van der Waals surface area (Å²) in [7, 11) is 0. The molecule has 0 saturated heterocycles. The van der Waals surface area contributed by atoms with Gasteiger partial charge in [0.25, 0.3) is 5.91 Å². The summed E-state index contributed by atoms with van der Waals surface area (Å²) in [6.07, 6.45) is 1.90. The number of para-hydroxylation sites is 2. The first-order valence-corrected chi connectivity index (χ1v) is 6.82. The van der Waals surface area contributed by atoms with Crippen LogP contribution in [0.15, 0.2) is 30.3 Å². The van der Waals surface area contributed by atoms with Gasteiger partial charge in [0.1, 0.15) is 5.75 Å². The Hall–Kier alpha value is -2.30. The fraction of sp³-hybridized carbons (Fsp3) is 0.333. The standard InChI is InChI=1S/C15H19N3O2/c1-3-7-11-10-13(18-17-11)15(19)16-12-8-5-6-9-14(12)20-4-2/h5-6,8-10H,3-4,7H2,1-2H3,(H,16,19)(H,17,18). The number of benzene rings is 1. The molecule has 1 aromatic carbocycles. The summed E-state index contributed by atoms with van der Waals surface area (Å²) in [4.78, 5) is 12.1. The Balaban J connectivity index is 2.10. The van der Waals surface area contributed by atoms with Gasteiger partial charge in [-0.3, -0.25) is 9.89 Å². The second kappa shape index (κ2) is 6.75. The summed E-state index contributed by atoms with van der Waals surface area (Å²) in [5, 5.41) is 9.72. The maximum Gasteiger partial charge on any atom is 0.276 e. The van der Waals surface area contributed by atoms with Crippen molar-refractivity contribution in [2.24, 2.45) is 0 Å². The Kier molecular flexibility index (Phi) is 4.76. The van der Waals surface area contributed by atoms with Crippen molar-refractivity contribution in [2.75, 3.05) is 11.9 Å². The van der Waals surface area contributed by atoms with E-state index in [0.717, 1.165) is 18.5 Å². The molecule has 1 aromatic heterocycles. The zero-order chi connectivity index (χ0) is 14.4. The minimum atomic E-state index is -0.240. The van der Waals surface area contributed by atoms with E-state index in [0.29, 0.717) is 23.7 Å². The van der Waals surface area contributed by atoms with Crippen LogP contribution in [0.3, 0.4) is 0 Å². The van der Waals surface area contributed by atoms with Gasteiger partial charge in [0.15, 0.2) is 5.69 Å². The Labute approximate surface area is 118 Å². The fourth-order valence-electron chi connectivity index (χ4n) is 1.91. The van der Waals surface area contributed by atoms with Gasteiger partial charge in [0, 0.05) is 5.69 Å². The predicted molar refractivity (Wildman–Crippen MR) is 78.1 cm³/mol. The number of anilines is 1. The largest absolute Gasteiger partial charge is 0.492 e. The normalized spacial score (nSPS) is 10.3. The van der Waals surface area contributed by atoms with Crippen molar-refractivity contribution in [2.45, 2.75) is 26.7 Å². The van der Waals surface area contributed by atoms with Crippen LogP contribution in [0.25, 0.3) is 0 Å². The first-order valence-electron chi connectivity index (χ1n) is 6.82. The molecule has 0 saturated carbocycles. The van der Waals surface area contributed by atoms with Crippen LogP contribution >= 0.6 is 0 Å². The third kappa shape index (κ3) is 3.38. The Bertz CT molecular complexity index is 578. The average Bonchev–Trinajstić information content (AvgIpc) is 2.90. The monoisotopic (exact) mass is 273 g/mol. The molecule has 20 heavy (non-hydrogen) atoms. The minimum absolute atomic E-state index is 0.240. The molecule has 0 unspecified atom stereocenters. The van der Waals surface area contributed by atoms with E-state index in [-0.39, 0.29) is 5.91 Å². The van der Waals surface area contributed by atoms with Crippen molar-refractivity contribution in [1.29, 1.82) is 0 Å². The minimum Gasteiger partial charge on any atom is -0.492 e. The van der Waals surface area contributed by atoms with Gasteiger partial charge in [-0.1, -0.05) is 25.5 Å². The molecule has 0 atom stereocenters. The Morgan fingerprint density at radius 3 is 2.90 bits per heavy atom. The number of nitrogens with zero attached hydrogens (tertiary/aromatic N) is 1. The molecule has 0 aliphatic rings. The van der Waals surface area contributed by atoms with Gasteiger partial charge in [-0.25, -0.2) is 0 Å². The highest BCUT2D eigenvalue weighted by molar-refractivity contribution is 6.03. The van der Waals surface area contributed by atoms with Gasteiger partial charge in [-0.2, -0.15) is 5.10 Å². The predicted octanol–water partition coefficient (Wildman–Crippen LogP) is 3.01. The molecule has 0 fully saturated rings. The molecular weight excluding hydrogens is 254 g/mol. The molecule has 1 amide bonds. The van der Waals surface area contributed by atoms with E-state index in [1.165, 1.54) is 0 Å². The molecule has 5 nitrogen and oxygen atoms in total. The summed E-state index contributed by atoms with van der Waals surface area (Å²) in [5.74, 6) is 0.420. The number of aromatic nitrogens is 2. The van der Waals surface area contributed by atoms with E-state index in [1.54, 1.807) is 6.07 Å². The van der Waals surface area contributed by atoms with E-state index in [9.17, 15) is 4.79 Å². The number of rotatable bonds is 6. The molecule has 106 valence electrons. The molecule has 2 rings (SSSR count). The third-order valence-electron chi connectivity index (χ3n) is 2.82. The number of H-pyrrole nitrogens is 1. The number of carbonyl (C=O) groups excluding carboxylic acids is 1. The van der Waals surface area contributed by atoms with E-state index < -0.39 is 0 Å². The second-order valence-electron chi connectivity index (χ2n) is 4.41. The highest BCUT2D eigenvalue weighted by Gasteiger charge is 2.12. The summed E-state index contributed by atoms with van der Waals surface area (Å²) in [5.41, 5.74) is 2.01. The van der Waals surface area contributed by atoms with Gasteiger partial charge in [0.05, 0.1) is 12.3 Å². The van der Waals surface area contributed by atoms with Crippen molar-refractivity contribution in [1.82, 2.24) is 10.2 Å². The summed E-state index contributed by atoms with van der Waals surface area (Å²) >= 11 is 0. The number of nitrogens with one attached hydrogen (secondary N) is 2. The third-order valence-corrected chi connectivity index (χ3v) is 2.82. The van der Waals surface area contributed by atoms with Crippen LogP contribution in [-0.2, 0) is 6.42 Å². The number of carbonyl (C=O) groups is 1. The Morgan fingerprint density at radius 2 is 2.15 bits per heavy atom. The van der Waals surface area contributed by atoms with Crippen molar-refractivity contribution < 1.29 is 9.53 Å². The van der Waals surface area contributed by atoms with Crippen LogP contribution in [-0.4, -0.2) is 22.7 Å². The quantitative estimate of drug-likeness (QED) is 0.850. The summed E-state index contributed by atoms with van der Waals surface area (Å²) < 4.78 is 5.47. The smallest absolute Gasteiger partial charge is 0.276 e. The zero-order valence-electron chi connectivity index (χ0n) is 11.8. The molecule has 0 radical (unpaired) electrons. The molecule has 0 bridgehead atoms. The maximum absolute atomic E-state index is 12.1.